The van der Waals surface area contributed by atoms with Crippen LogP contribution in [0, 0.1) is 17.5 Å². The number of benzene rings is 2. The van der Waals surface area contributed by atoms with Crippen molar-refractivity contribution in [1.29, 1.82) is 0 Å². The first-order valence-corrected chi connectivity index (χ1v) is 11.3. The fraction of sp³-hybridized carbons (Fsp3) is 0.333. The number of unbranched alkanes of at least 4 members (excludes halogenated alkanes) is 2. The van der Waals surface area contributed by atoms with Gasteiger partial charge in [-0.1, -0.05) is 24.6 Å². The van der Waals surface area contributed by atoms with Crippen LogP contribution in [0.3, 0.4) is 0 Å². The number of H-pyrrole nitrogens is 1. The third-order valence-corrected chi connectivity index (χ3v) is 5.66. The number of nitrogens with zero attached hydrogens (tertiary/aromatic N) is 1. The van der Waals surface area contributed by atoms with Gasteiger partial charge in [0.05, 0.1) is 10.9 Å². The molecule has 0 aliphatic rings. The van der Waals surface area contributed by atoms with Gasteiger partial charge in [0.2, 0.25) is 5.91 Å². The molecule has 0 spiro atoms. The van der Waals surface area contributed by atoms with Gasteiger partial charge in [-0.25, -0.2) is 4.39 Å². The van der Waals surface area contributed by atoms with Gasteiger partial charge in [0.1, 0.15) is 5.82 Å². The number of para-hydroxylation sites is 1. The summed E-state index contributed by atoms with van der Waals surface area (Å²) in [6, 6.07) is 11.6. The molecule has 0 fully saturated rings. The van der Waals surface area contributed by atoms with Crippen molar-refractivity contribution in [2.75, 3.05) is 13.1 Å². The largest absolute Gasteiger partial charge is 0.354 e. The van der Waals surface area contributed by atoms with E-state index < -0.39 is 5.82 Å². The van der Waals surface area contributed by atoms with E-state index in [0.29, 0.717) is 41.7 Å². The van der Waals surface area contributed by atoms with Gasteiger partial charge in [-0.15, -0.1) is 0 Å². The van der Waals surface area contributed by atoms with Gasteiger partial charge < -0.3 is 15.6 Å². The molecule has 2 amide bonds. The van der Waals surface area contributed by atoms with Crippen LogP contribution in [0.5, 0.6) is 0 Å². The molecule has 0 radical (unpaired) electrons. The Balaban J connectivity index is 1.33. The van der Waals surface area contributed by atoms with Gasteiger partial charge in [-0.05, 0) is 61.8 Å². The normalized spacial score (nSPS) is 10.8. The summed E-state index contributed by atoms with van der Waals surface area (Å²) < 4.78 is 15.5. The number of aryl methyl sites for hydroxylation is 1. The first-order chi connectivity index (χ1) is 15.9. The molecule has 3 aromatic rings. The minimum atomic E-state index is -0.427. The fourth-order valence-electron chi connectivity index (χ4n) is 3.44. The molecule has 9 heteroatoms. The Labute approximate surface area is 196 Å². The van der Waals surface area contributed by atoms with E-state index in [-0.39, 0.29) is 29.5 Å². The highest BCUT2D eigenvalue weighted by atomic mass is 32.1. The summed E-state index contributed by atoms with van der Waals surface area (Å²) >= 11 is 5.30. The van der Waals surface area contributed by atoms with Crippen molar-refractivity contribution in [3.63, 3.8) is 0 Å². The molecule has 0 bridgehead atoms. The van der Waals surface area contributed by atoms with E-state index in [1.165, 1.54) is 6.07 Å². The Bertz CT molecular complexity index is 1270. The summed E-state index contributed by atoms with van der Waals surface area (Å²) in [5.74, 6) is -0.917. The number of carbonyl (C=O) groups is 2. The summed E-state index contributed by atoms with van der Waals surface area (Å²) in [6.07, 6.45) is 2.54. The summed E-state index contributed by atoms with van der Waals surface area (Å²) in [5, 5.41) is 6.01. The topological polar surface area (TPSA) is 96.0 Å². The number of carbonyl (C=O) groups excluding carboxylic acids is 2. The van der Waals surface area contributed by atoms with Crippen molar-refractivity contribution in [1.82, 2.24) is 20.2 Å². The summed E-state index contributed by atoms with van der Waals surface area (Å²) in [7, 11) is 0. The molecule has 174 valence electrons. The number of hydrogen-bond donors (Lipinski definition) is 3. The van der Waals surface area contributed by atoms with Crippen LogP contribution in [0.25, 0.3) is 10.9 Å². The SMILES string of the molecule is Cc1ccc(C(=O)NCCNC(=O)CCCCCn2c(=S)[nH]c3ccccc3c2=O)cc1F. The third-order valence-electron chi connectivity index (χ3n) is 5.34. The van der Waals surface area contributed by atoms with E-state index in [4.69, 9.17) is 12.2 Å². The van der Waals surface area contributed by atoms with Gasteiger partial charge in [0, 0.05) is 31.6 Å². The van der Waals surface area contributed by atoms with E-state index in [0.717, 1.165) is 18.4 Å². The predicted molar refractivity (Wildman–Crippen MR) is 128 cm³/mol. The molecule has 1 heterocycles. The highest BCUT2D eigenvalue weighted by Gasteiger charge is 2.08. The van der Waals surface area contributed by atoms with Crippen LogP contribution in [-0.2, 0) is 11.3 Å². The zero-order chi connectivity index (χ0) is 23.8. The Hall–Kier alpha value is -3.33. The molecule has 0 aliphatic carbocycles. The smallest absolute Gasteiger partial charge is 0.262 e. The second-order valence-corrected chi connectivity index (χ2v) is 8.20. The average Bonchev–Trinajstić information content (AvgIpc) is 2.80. The van der Waals surface area contributed by atoms with Crippen molar-refractivity contribution >= 4 is 34.9 Å². The zero-order valence-electron chi connectivity index (χ0n) is 18.4. The molecule has 3 N–H and O–H groups in total. The lowest BCUT2D eigenvalue weighted by molar-refractivity contribution is -0.121. The van der Waals surface area contributed by atoms with Crippen molar-refractivity contribution in [2.24, 2.45) is 0 Å². The summed E-state index contributed by atoms with van der Waals surface area (Å²) in [4.78, 5) is 39.7. The lowest BCUT2D eigenvalue weighted by atomic mass is 10.1. The van der Waals surface area contributed by atoms with Crippen molar-refractivity contribution < 1.29 is 14.0 Å². The molecule has 0 aliphatic heterocycles. The maximum atomic E-state index is 13.5. The Morgan fingerprint density at radius 1 is 1.06 bits per heavy atom. The first kappa shape index (κ1) is 24.3. The molecule has 7 nitrogen and oxygen atoms in total. The van der Waals surface area contributed by atoms with E-state index in [1.807, 2.05) is 18.2 Å². The number of aromatic amines is 1. The number of hydrogen-bond acceptors (Lipinski definition) is 4. The number of fused-ring (bicyclic) bond motifs is 1. The van der Waals surface area contributed by atoms with E-state index >= 15 is 0 Å². The third kappa shape index (κ3) is 6.58. The van der Waals surface area contributed by atoms with Crippen LogP contribution < -0.4 is 16.2 Å². The predicted octanol–water partition coefficient (Wildman–Crippen LogP) is 3.61. The average molecular weight is 471 g/mol. The molecule has 1 aromatic heterocycles. The summed E-state index contributed by atoms with van der Waals surface area (Å²) in [6.45, 7) is 2.67. The van der Waals surface area contributed by atoms with Gasteiger partial charge >= 0.3 is 0 Å². The fourth-order valence-corrected chi connectivity index (χ4v) is 3.72. The minimum absolute atomic E-state index is 0.106. The molecule has 2 aromatic carbocycles. The van der Waals surface area contributed by atoms with E-state index in [9.17, 15) is 18.8 Å². The maximum Gasteiger partial charge on any atom is 0.262 e. The molecule has 3 rings (SSSR count). The minimum Gasteiger partial charge on any atom is -0.354 e. The van der Waals surface area contributed by atoms with Crippen LogP contribution >= 0.6 is 12.2 Å². The highest BCUT2D eigenvalue weighted by Crippen LogP contribution is 2.09. The number of halogens is 1. The second kappa shape index (κ2) is 11.5. The lowest BCUT2D eigenvalue weighted by Gasteiger charge is -2.09. The number of nitrogens with one attached hydrogen (secondary N) is 3. The molecular weight excluding hydrogens is 443 g/mol. The Morgan fingerprint density at radius 3 is 2.61 bits per heavy atom. The van der Waals surface area contributed by atoms with Crippen molar-refractivity contribution in [3.05, 3.63) is 74.5 Å². The van der Waals surface area contributed by atoms with Gasteiger partial charge in [0.15, 0.2) is 4.77 Å². The molecule has 0 saturated carbocycles. The molecular formula is C24H27FN4O3S. The Morgan fingerprint density at radius 2 is 1.82 bits per heavy atom. The van der Waals surface area contributed by atoms with Crippen LogP contribution in [-0.4, -0.2) is 34.5 Å². The number of rotatable bonds is 10. The molecule has 0 unspecified atom stereocenters. The highest BCUT2D eigenvalue weighted by molar-refractivity contribution is 7.71. The van der Waals surface area contributed by atoms with Crippen LogP contribution in [0.15, 0.2) is 47.3 Å². The monoisotopic (exact) mass is 470 g/mol. The molecule has 0 saturated heterocycles. The zero-order valence-corrected chi connectivity index (χ0v) is 19.3. The van der Waals surface area contributed by atoms with Gasteiger partial charge in [-0.3, -0.25) is 19.0 Å². The van der Waals surface area contributed by atoms with E-state index in [2.05, 4.69) is 15.6 Å². The quantitative estimate of drug-likeness (QED) is 0.312. The van der Waals surface area contributed by atoms with Gasteiger partial charge in [0.25, 0.3) is 11.5 Å². The van der Waals surface area contributed by atoms with Crippen molar-refractivity contribution in [3.8, 4) is 0 Å². The van der Waals surface area contributed by atoms with Crippen LogP contribution in [0.2, 0.25) is 0 Å². The molecule has 33 heavy (non-hydrogen) atoms. The summed E-state index contributed by atoms with van der Waals surface area (Å²) in [5.41, 5.74) is 1.34. The molecule has 0 atom stereocenters. The van der Waals surface area contributed by atoms with Crippen molar-refractivity contribution in [2.45, 2.75) is 39.2 Å². The van der Waals surface area contributed by atoms with Gasteiger partial charge in [-0.2, -0.15) is 0 Å². The number of aromatic nitrogens is 2. The number of amides is 2. The standard InChI is InChI=1S/C24H27FN4O3S/c1-16-10-11-17(15-19(16)25)22(31)27-13-12-26-21(30)9-3-2-6-14-29-23(32)18-7-4-5-8-20(18)28-24(29)33/h4-5,7-8,10-11,15H,2-3,6,9,12-14H2,1H3,(H,26,30)(H,27,31)(H,28,33). The Kier molecular flexibility index (Phi) is 8.48. The van der Waals surface area contributed by atoms with Crippen LogP contribution in [0.1, 0.15) is 41.6 Å². The maximum absolute atomic E-state index is 13.5. The first-order valence-electron chi connectivity index (χ1n) is 10.9. The lowest BCUT2D eigenvalue weighted by Crippen LogP contribution is -2.34. The van der Waals surface area contributed by atoms with Crippen LogP contribution in [0.4, 0.5) is 4.39 Å². The van der Waals surface area contributed by atoms with E-state index in [1.54, 1.807) is 29.7 Å². The second-order valence-electron chi connectivity index (χ2n) is 7.81.